The number of carbonyl (C=O) groups is 1. The summed E-state index contributed by atoms with van der Waals surface area (Å²) in [6, 6.07) is 14.1. The molecule has 0 saturated carbocycles. The number of likely N-dealkylation sites (tertiary alicyclic amines) is 1. The Balaban J connectivity index is 1.59. The molecule has 1 spiro atoms. The van der Waals surface area contributed by atoms with E-state index in [4.69, 9.17) is 4.74 Å². The molecular weight excluding hydrogens is 326 g/mol. The van der Waals surface area contributed by atoms with E-state index in [-0.39, 0.29) is 11.5 Å². The number of fused-ring (bicyclic) bond motifs is 1. The molecule has 2 aromatic rings. The van der Waals surface area contributed by atoms with Gasteiger partial charge in [-0.1, -0.05) is 24.3 Å². The fourth-order valence-corrected chi connectivity index (χ4v) is 4.09. The van der Waals surface area contributed by atoms with Crippen molar-refractivity contribution in [2.75, 3.05) is 19.6 Å². The van der Waals surface area contributed by atoms with Gasteiger partial charge in [-0.25, -0.2) is 0 Å². The van der Waals surface area contributed by atoms with Crippen molar-refractivity contribution in [1.29, 1.82) is 0 Å². The minimum Gasteiger partial charge on any atom is -0.484 e. The second-order valence-corrected chi connectivity index (χ2v) is 7.40. The third-order valence-electron chi connectivity index (χ3n) is 5.31. The fourth-order valence-electron chi connectivity index (χ4n) is 4.09. The molecule has 1 saturated heterocycles. The van der Waals surface area contributed by atoms with Crippen molar-refractivity contribution in [3.05, 3.63) is 59.9 Å². The molecule has 1 aromatic carbocycles. The molecule has 1 amide bonds. The summed E-state index contributed by atoms with van der Waals surface area (Å²) in [5.74, 6) is 1.02. The smallest absolute Gasteiger partial charge is 0.219 e. The van der Waals surface area contributed by atoms with Crippen LogP contribution in [0.2, 0.25) is 0 Å². The van der Waals surface area contributed by atoms with Crippen LogP contribution in [0.4, 0.5) is 0 Å². The first-order valence-corrected chi connectivity index (χ1v) is 9.28. The first-order valence-electron chi connectivity index (χ1n) is 9.28. The number of piperidine rings is 1. The van der Waals surface area contributed by atoms with Crippen LogP contribution < -0.4 is 4.74 Å². The normalized spacial score (nSPS) is 23.2. The third-order valence-corrected chi connectivity index (χ3v) is 5.31. The highest BCUT2D eigenvalue weighted by Gasteiger charge is 2.42. The Hall–Kier alpha value is -2.40. The van der Waals surface area contributed by atoms with E-state index in [0.717, 1.165) is 49.5 Å². The number of rotatable bonds is 2. The van der Waals surface area contributed by atoms with Crippen LogP contribution in [0, 0.1) is 0 Å². The van der Waals surface area contributed by atoms with Gasteiger partial charge in [-0.15, -0.1) is 0 Å². The highest BCUT2D eigenvalue weighted by molar-refractivity contribution is 5.73. The van der Waals surface area contributed by atoms with Gasteiger partial charge >= 0.3 is 0 Å². The number of amides is 1. The molecule has 2 aliphatic rings. The Morgan fingerprint density at radius 2 is 2.04 bits per heavy atom. The van der Waals surface area contributed by atoms with Crippen LogP contribution in [0.15, 0.2) is 48.7 Å². The van der Waals surface area contributed by atoms with Crippen molar-refractivity contribution < 1.29 is 9.53 Å². The van der Waals surface area contributed by atoms with Gasteiger partial charge in [0.25, 0.3) is 0 Å². The number of aromatic nitrogens is 1. The van der Waals surface area contributed by atoms with Crippen molar-refractivity contribution >= 4 is 5.91 Å². The molecule has 0 N–H and O–H groups in total. The second kappa shape index (κ2) is 7.08. The van der Waals surface area contributed by atoms with Crippen molar-refractivity contribution in [2.45, 2.75) is 38.5 Å². The summed E-state index contributed by atoms with van der Waals surface area (Å²) in [6.45, 7) is 5.55. The van der Waals surface area contributed by atoms with Crippen LogP contribution in [0.1, 0.15) is 31.0 Å². The Kier molecular flexibility index (Phi) is 4.64. The molecule has 5 heteroatoms. The van der Waals surface area contributed by atoms with E-state index >= 15 is 0 Å². The monoisotopic (exact) mass is 351 g/mol. The maximum Gasteiger partial charge on any atom is 0.219 e. The van der Waals surface area contributed by atoms with Gasteiger partial charge in [-0.05, 0) is 37.6 Å². The van der Waals surface area contributed by atoms with Crippen LogP contribution in [-0.2, 0) is 17.9 Å². The Labute approximate surface area is 154 Å². The van der Waals surface area contributed by atoms with Crippen LogP contribution in [-0.4, -0.2) is 45.9 Å². The van der Waals surface area contributed by atoms with E-state index in [2.05, 4.69) is 22.0 Å². The van der Waals surface area contributed by atoms with Gasteiger partial charge in [-0.3, -0.25) is 14.7 Å². The number of hydrogen-bond acceptors (Lipinski definition) is 4. The van der Waals surface area contributed by atoms with E-state index < -0.39 is 0 Å². The van der Waals surface area contributed by atoms with Gasteiger partial charge in [0, 0.05) is 38.3 Å². The summed E-state index contributed by atoms with van der Waals surface area (Å²) in [5.41, 5.74) is 1.80. The molecule has 1 atom stereocenters. The van der Waals surface area contributed by atoms with Gasteiger partial charge in [0.1, 0.15) is 11.4 Å². The molecule has 0 aliphatic carbocycles. The maximum atomic E-state index is 12.2. The van der Waals surface area contributed by atoms with Crippen LogP contribution in [0.3, 0.4) is 0 Å². The lowest BCUT2D eigenvalue weighted by Crippen LogP contribution is -2.57. The summed E-state index contributed by atoms with van der Waals surface area (Å²) >= 11 is 0. The first-order chi connectivity index (χ1) is 12.6. The molecule has 1 fully saturated rings. The zero-order valence-electron chi connectivity index (χ0n) is 15.2. The van der Waals surface area contributed by atoms with Gasteiger partial charge in [0.15, 0.2) is 0 Å². The molecule has 0 bridgehead atoms. The minimum atomic E-state index is -0.356. The first kappa shape index (κ1) is 17.0. The highest BCUT2D eigenvalue weighted by Crippen LogP contribution is 2.35. The molecule has 136 valence electrons. The summed E-state index contributed by atoms with van der Waals surface area (Å²) in [5, 5.41) is 0. The number of ether oxygens (including phenoxy) is 1. The molecule has 0 radical (unpaired) electrons. The van der Waals surface area contributed by atoms with Gasteiger partial charge in [0.05, 0.1) is 12.2 Å². The van der Waals surface area contributed by atoms with Crippen LogP contribution in [0.5, 0.6) is 5.75 Å². The molecule has 26 heavy (non-hydrogen) atoms. The number of para-hydroxylation sites is 1. The van der Waals surface area contributed by atoms with Crippen LogP contribution in [0.25, 0.3) is 0 Å². The zero-order chi connectivity index (χ0) is 18.0. The quantitative estimate of drug-likeness (QED) is 0.835. The van der Waals surface area contributed by atoms with E-state index in [1.165, 1.54) is 0 Å². The number of pyridine rings is 1. The lowest BCUT2D eigenvalue weighted by Gasteiger charge is -2.43. The predicted molar refractivity (Wildman–Crippen MR) is 99.6 cm³/mol. The van der Waals surface area contributed by atoms with Crippen molar-refractivity contribution in [1.82, 2.24) is 14.8 Å². The Morgan fingerprint density at radius 1 is 1.19 bits per heavy atom. The number of nitrogens with zero attached hydrogens (tertiary/aromatic N) is 3. The summed E-state index contributed by atoms with van der Waals surface area (Å²) in [6.07, 6.45) is 3.86. The molecule has 4 rings (SSSR count). The number of carbonyl (C=O) groups excluding carboxylic acids is 1. The lowest BCUT2D eigenvalue weighted by molar-refractivity contribution is -0.133. The topological polar surface area (TPSA) is 45.7 Å². The van der Waals surface area contributed by atoms with E-state index in [0.29, 0.717) is 13.1 Å². The van der Waals surface area contributed by atoms with Crippen molar-refractivity contribution in [2.24, 2.45) is 0 Å². The minimum absolute atomic E-state index is 0.103. The summed E-state index contributed by atoms with van der Waals surface area (Å²) < 4.78 is 6.58. The molecular formula is C21H25N3O2. The standard InChI is InChI=1S/C21H25N3O2/c1-17(25)24-13-18-7-2-3-9-20(18)26-21(16-24)10-6-12-23(15-21)14-19-8-4-5-11-22-19/h2-5,7-9,11H,6,10,12-16H2,1H3/t21-/m1/s1. The fraction of sp³-hybridized carbons (Fsp3) is 0.429. The molecule has 0 unspecified atom stereocenters. The van der Waals surface area contributed by atoms with E-state index in [1.54, 1.807) is 6.92 Å². The predicted octanol–water partition coefficient (Wildman–Crippen LogP) is 2.86. The molecule has 5 nitrogen and oxygen atoms in total. The van der Waals surface area contributed by atoms with Crippen molar-refractivity contribution in [3.8, 4) is 5.75 Å². The lowest BCUT2D eigenvalue weighted by atomic mass is 9.91. The summed E-state index contributed by atoms with van der Waals surface area (Å²) in [7, 11) is 0. The SMILES string of the molecule is CC(=O)N1Cc2ccccc2O[C@@]2(CCCN(Cc3ccccn3)C2)C1. The van der Waals surface area contributed by atoms with E-state index in [9.17, 15) is 4.79 Å². The number of hydrogen-bond donors (Lipinski definition) is 0. The highest BCUT2D eigenvalue weighted by atomic mass is 16.5. The Morgan fingerprint density at radius 3 is 2.85 bits per heavy atom. The average molecular weight is 351 g/mol. The number of benzene rings is 1. The van der Waals surface area contributed by atoms with Gasteiger partial charge < -0.3 is 9.64 Å². The average Bonchev–Trinajstić information content (AvgIpc) is 2.79. The molecule has 2 aliphatic heterocycles. The van der Waals surface area contributed by atoms with Crippen molar-refractivity contribution in [3.63, 3.8) is 0 Å². The van der Waals surface area contributed by atoms with Gasteiger partial charge in [0.2, 0.25) is 5.91 Å². The zero-order valence-corrected chi connectivity index (χ0v) is 15.2. The van der Waals surface area contributed by atoms with Crippen LogP contribution >= 0.6 is 0 Å². The summed E-state index contributed by atoms with van der Waals surface area (Å²) in [4.78, 5) is 21.0. The Bertz CT molecular complexity index is 780. The second-order valence-electron chi connectivity index (χ2n) is 7.40. The largest absolute Gasteiger partial charge is 0.484 e. The molecule has 3 heterocycles. The third kappa shape index (κ3) is 3.58. The molecule has 1 aromatic heterocycles. The van der Waals surface area contributed by atoms with E-state index in [1.807, 2.05) is 41.4 Å². The maximum absolute atomic E-state index is 12.2. The van der Waals surface area contributed by atoms with Gasteiger partial charge in [-0.2, -0.15) is 0 Å².